The summed E-state index contributed by atoms with van der Waals surface area (Å²) in [6.45, 7) is 0. The molecule has 92 valence electrons. The number of fused-ring (bicyclic) bond motifs is 1. The predicted octanol–water partition coefficient (Wildman–Crippen LogP) is 2.30. The molecule has 2 aromatic rings. The predicted molar refractivity (Wildman–Crippen MR) is 71.6 cm³/mol. The lowest BCUT2D eigenvalue weighted by molar-refractivity contribution is -0.110. The van der Waals surface area contributed by atoms with Crippen molar-refractivity contribution in [2.75, 3.05) is 5.32 Å². The van der Waals surface area contributed by atoms with Gasteiger partial charge in [-0.3, -0.25) is 14.6 Å². The molecule has 0 saturated heterocycles. The van der Waals surface area contributed by atoms with Gasteiger partial charge in [0.1, 0.15) is 0 Å². The van der Waals surface area contributed by atoms with Crippen molar-refractivity contribution in [2.45, 2.75) is 0 Å². The zero-order valence-corrected chi connectivity index (χ0v) is 9.96. The number of aromatic nitrogens is 1. The van der Waals surface area contributed by atoms with Gasteiger partial charge in [0.05, 0.1) is 5.57 Å². The molecule has 3 rings (SSSR count). The molecule has 1 amide bonds. The van der Waals surface area contributed by atoms with E-state index in [1.165, 1.54) is 12.3 Å². The Morgan fingerprint density at radius 3 is 2.79 bits per heavy atom. The van der Waals surface area contributed by atoms with Crippen LogP contribution >= 0.6 is 0 Å². The van der Waals surface area contributed by atoms with Gasteiger partial charge in [0.25, 0.3) is 5.91 Å². The van der Waals surface area contributed by atoms with E-state index >= 15 is 0 Å². The highest BCUT2D eigenvalue weighted by molar-refractivity contribution is 6.34. The Morgan fingerprint density at radius 1 is 1.16 bits per heavy atom. The van der Waals surface area contributed by atoms with Crippen molar-refractivity contribution >= 4 is 23.0 Å². The number of nitrogens with one attached hydrogen (secondary N) is 1. The molecule has 0 spiro atoms. The fourth-order valence-electron chi connectivity index (χ4n) is 2.01. The van der Waals surface area contributed by atoms with E-state index in [9.17, 15) is 9.59 Å². The van der Waals surface area contributed by atoms with Crippen LogP contribution in [0.25, 0.3) is 5.57 Å². The molecule has 0 bridgehead atoms. The third-order valence-corrected chi connectivity index (χ3v) is 2.93. The number of amides is 1. The third kappa shape index (κ3) is 2.04. The summed E-state index contributed by atoms with van der Waals surface area (Å²) >= 11 is 0. The Kier molecular flexibility index (Phi) is 2.68. The van der Waals surface area contributed by atoms with E-state index in [4.69, 9.17) is 0 Å². The van der Waals surface area contributed by atoms with Crippen LogP contribution < -0.4 is 5.32 Å². The third-order valence-electron chi connectivity index (χ3n) is 2.93. The van der Waals surface area contributed by atoms with Gasteiger partial charge < -0.3 is 5.32 Å². The highest BCUT2D eigenvalue weighted by Gasteiger charge is 2.24. The molecule has 1 aromatic heterocycles. The molecule has 1 aliphatic rings. The van der Waals surface area contributed by atoms with Crippen molar-refractivity contribution in [3.63, 3.8) is 0 Å². The van der Waals surface area contributed by atoms with Crippen LogP contribution in [0.15, 0.2) is 54.9 Å². The molecule has 4 heteroatoms. The van der Waals surface area contributed by atoms with Crippen LogP contribution in [0.4, 0.5) is 5.69 Å². The number of nitrogens with zero attached hydrogens (tertiary/aromatic N) is 1. The summed E-state index contributed by atoms with van der Waals surface area (Å²) < 4.78 is 0. The van der Waals surface area contributed by atoms with Crippen LogP contribution in [0, 0.1) is 0 Å². The maximum absolute atomic E-state index is 12.1. The zero-order valence-electron chi connectivity index (χ0n) is 9.96. The summed E-state index contributed by atoms with van der Waals surface area (Å²) in [6, 6.07) is 10.7. The first-order chi connectivity index (χ1) is 9.25. The second-order valence-corrected chi connectivity index (χ2v) is 4.16. The van der Waals surface area contributed by atoms with Crippen molar-refractivity contribution < 1.29 is 9.59 Å². The summed E-state index contributed by atoms with van der Waals surface area (Å²) in [5, 5.41) is 2.73. The van der Waals surface area contributed by atoms with Gasteiger partial charge in [0.2, 0.25) is 0 Å². The highest BCUT2D eigenvalue weighted by atomic mass is 16.2. The van der Waals surface area contributed by atoms with Gasteiger partial charge in [-0.15, -0.1) is 0 Å². The average molecular weight is 250 g/mol. The number of benzene rings is 1. The van der Waals surface area contributed by atoms with Crippen LogP contribution in [-0.2, 0) is 4.79 Å². The van der Waals surface area contributed by atoms with E-state index in [1.807, 2.05) is 24.3 Å². The standard InChI is InChI=1S/C15H10N2O2/c18-14(10-4-3-7-16-9-10)8-12-11-5-1-2-6-13(11)17-15(12)19/h1-9H,(H,17,19). The molecule has 4 nitrogen and oxygen atoms in total. The number of para-hydroxylation sites is 1. The minimum absolute atomic E-state index is 0.227. The van der Waals surface area contributed by atoms with E-state index in [-0.39, 0.29) is 11.7 Å². The summed E-state index contributed by atoms with van der Waals surface area (Å²) in [7, 11) is 0. The van der Waals surface area contributed by atoms with E-state index < -0.39 is 0 Å². The monoisotopic (exact) mass is 250 g/mol. The molecule has 0 radical (unpaired) electrons. The van der Waals surface area contributed by atoms with Gasteiger partial charge in [-0.1, -0.05) is 18.2 Å². The normalized spacial score (nSPS) is 15.2. The molecular weight excluding hydrogens is 240 g/mol. The molecule has 1 N–H and O–H groups in total. The van der Waals surface area contributed by atoms with E-state index in [0.717, 1.165) is 11.3 Å². The minimum atomic E-state index is -0.251. The van der Waals surface area contributed by atoms with Gasteiger partial charge >= 0.3 is 0 Å². The van der Waals surface area contributed by atoms with E-state index in [0.29, 0.717) is 11.1 Å². The van der Waals surface area contributed by atoms with Gasteiger partial charge in [-0.05, 0) is 24.3 Å². The lowest BCUT2D eigenvalue weighted by Crippen LogP contribution is -2.06. The van der Waals surface area contributed by atoms with Crippen molar-refractivity contribution in [2.24, 2.45) is 0 Å². The Hall–Kier alpha value is -2.75. The fraction of sp³-hybridized carbons (Fsp3) is 0. The molecule has 0 unspecified atom stereocenters. The molecule has 0 aliphatic carbocycles. The summed E-state index contributed by atoms with van der Waals surface area (Å²) in [4.78, 5) is 27.8. The number of hydrogen-bond donors (Lipinski definition) is 1. The SMILES string of the molecule is O=C1Nc2ccccc2C1=CC(=O)c1cccnc1. The molecular formula is C15H10N2O2. The zero-order chi connectivity index (χ0) is 13.2. The topological polar surface area (TPSA) is 59.1 Å². The van der Waals surface area contributed by atoms with E-state index in [2.05, 4.69) is 10.3 Å². The molecule has 0 saturated carbocycles. The summed E-state index contributed by atoms with van der Waals surface area (Å²) in [5.74, 6) is -0.478. The van der Waals surface area contributed by atoms with Crippen molar-refractivity contribution in [1.29, 1.82) is 0 Å². The second-order valence-electron chi connectivity index (χ2n) is 4.16. The maximum Gasteiger partial charge on any atom is 0.256 e. The van der Waals surface area contributed by atoms with Gasteiger partial charge in [0.15, 0.2) is 5.78 Å². The average Bonchev–Trinajstić information content (AvgIpc) is 2.76. The number of ketones is 1. The van der Waals surface area contributed by atoms with Crippen molar-refractivity contribution in [3.05, 3.63) is 66.0 Å². The number of carbonyl (C=O) groups excluding carboxylic acids is 2. The van der Waals surface area contributed by atoms with Crippen LogP contribution in [0.5, 0.6) is 0 Å². The smallest absolute Gasteiger partial charge is 0.256 e. The van der Waals surface area contributed by atoms with Gasteiger partial charge in [0, 0.05) is 29.2 Å². The second kappa shape index (κ2) is 4.49. The van der Waals surface area contributed by atoms with Crippen LogP contribution in [-0.4, -0.2) is 16.7 Å². The Balaban J connectivity index is 2.01. The van der Waals surface area contributed by atoms with Crippen LogP contribution in [0.3, 0.4) is 0 Å². The van der Waals surface area contributed by atoms with Crippen molar-refractivity contribution in [3.8, 4) is 0 Å². The minimum Gasteiger partial charge on any atom is -0.321 e. The van der Waals surface area contributed by atoms with Crippen molar-refractivity contribution in [1.82, 2.24) is 4.98 Å². The number of carbonyl (C=O) groups is 2. The number of allylic oxidation sites excluding steroid dienone is 1. The lowest BCUT2D eigenvalue weighted by Gasteiger charge is -1.97. The number of hydrogen-bond acceptors (Lipinski definition) is 3. The first-order valence-corrected chi connectivity index (χ1v) is 5.82. The number of rotatable bonds is 2. The maximum atomic E-state index is 12.1. The molecule has 0 fully saturated rings. The quantitative estimate of drug-likeness (QED) is 0.657. The first-order valence-electron chi connectivity index (χ1n) is 5.82. The summed E-state index contributed by atoms with van der Waals surface area (Å²) in [6.07, 6.45) is 4.44. The molecule has 1 aliphatic heterocycles. The Bertz CT molecular complexity index is 690. The fourth-order valence-corrected chi connectivity index (χ4v) is 2.01. The number of anilines is 1. The molecule has 0 atom stereocenters. The highest BCUT2D eigenvalue weighted by Crippen LogP contribution is 2.31. The lowest BCUT2D eigenvalue weighted by atomic mass is 10.0. The van der Waals surface area contributed by atoms with E-state index in [1.54, 1.807) is 18.3 Å². The largest absolute Gasteiger partial charge is 0.321 e. The molecule has 2 heterocycles. The Labute approximate surface area is 109 Å². The van der Waals surface area contributed by atoms with Gasteiger partial charge in [-0.2, -0.15) is 0 Å². The van der Waals surface area contributed by atoms with Gasteiger partial charge in [-0.25, -0.2) is 0 Å². The molecule has 19 heavy (non-hydrogen) atoms. The van der Waals surface area contributed by atoms with Crippen LogP contribution in [0.1, 0.15) is 15.9 Å². The van der Waals surface area contributed by atoms with Crippen LogP contribution in [0.2, 0.25) is 0 Å². The number of pyridine rings is 1. The molecule has 1 aromatic carbocycles. The first kappa shape index (κ1) is 11.3. The Morgan fingerprint density at radius 2 is 2.00 bits per heavy atom. The summed E-state index contributed by atoms with van der Waals surface area (Å²) in [5.41, 5.74) is 2.35.